The summed E-state index contributed by atoms with van der Waals surface area (Å²) < 4.78 is 6.88. The molecular formula is C8H11N5OS. The molecule has 0 aliphatic heterocycles. The van der Waals surface area contributed by atoms with Crippen LogP contribution < -0.4 is 5.73 Å². The minimum Gasteiger partial charge on any atom is -0.383 e. The number of nitrogens with two attached hydrogens (primary N) is 1. The van der Waals surface area contributed by atoms with Crippen molar-refractivity contribution < 1.29 is 4.74 Å². The van der Waals surface area contributed by atoms with Crippen molar-refractivity contribution in [3.8, 4) is 11.5 Å². The molecule has 0 fully saturated rings. The van der Waals surface area contributed by atoms with Gasteiger partial charge in [0.25, 0.3) is 0 Å². The maximum atomic E-state index is 5.56. The van der Waals surface area contributed by atoms with Gasteiger partial charge in [-0.25, -0.2) is 4.98 Å². The number of ether oxygens (including phenoxy) is 1. The minimum absolute atomic E-state index is 0.534. The molecule has 0 saturated heterocycles. The smallest absolute Gasteiger partial charge is 0.183 e. The molecule has 0 unspecified atom stereocenters. The lowest BCUT2D eigenvalue weighted by atomic mass is 10.4. The normalized spacial score (nSPS) is 10.7. The number of anilines is 1. The van der Waals surface area contributed by atoms with Crippen LogP contribution in [-0.4, -0.2) is 33.5 Å². The van der Waals surface area contributed by atoms with Crippen molar-refractivity contribution in [1.29, 1.82) is 0 Å². The Balaban J connectivity index is 2.24. The maximum Gasteiger partial charge on any atom is 0.183 e. The van der Waals surface area contributed by atoms with Gasteiger partial charge in [-0.3, -0.25) is 0 Å². The zero-order chi connectivity index (χ0) is 10.7. The molecule has 2 rings (SSSR count). The van der Waals surface area contributed by atoms with Gasteiger partial charge in [0.05, 0.1) is 6.61 Å². The minimum atomic E-state index is 0.534. The van der Waals surface area contributed by atoms with E-state index in [0.29, 0.717) is 18.3 Å². The first-order valence-electron chi connectivity index (χ1n) is 4.39. The van der Waals surface area contributed by atoms with Gasteiger partial charge in [0.15, 0.2) is 11.0 Å². The van der Waals surface area contributed by atoms with E-state index in [0.717, 1.165) is 11.5 Å². The number of methoxy groups -OCH3 is 1. The van der Waals surface area contributed by atoms with Gasteiger partial charge in [-0.1, -0.05) is 0 Å². The van der Waals surface area contributed by atoms with Gasteiger partial charge in [0, 0.05) is 19.0 Å². The van der Waals surface area contributed by atoms with Crippen molar-refractivity contribution in [2.75, 3.05) is 19.5 Å². The summed E-state index contributed by atoms with van der Waals surface area (Å²) in [4.78, 5) is 4.15. The molecule has 15 heavy (non-hydrogen) atoms. The Morgan fingerprint density at radius 1 is 1.60 bits per heavy atom. The topological polar surface area (TPSA) is 78.8 Å². The highest BCUT2D eigenvalue weighted by molar-refractivity contribution is 7.13. The molecule has 0 aliphatic carbocycles. The molecule has 0 bridgehead atoms. The third kappa shape index (κ3) is 2.13. The first-order chi connectivity index (χ1) is 7.31. The SMILES string of the molecule is COCCn1cnnc1-c1csc(N)n1. The Morgan fingerprint density at radius 3 is 3.13 bits per heavy atom. The quantitative estimate of drug-likeness (QED) is 0.825. The van der Waals surface area contributed by atoms with E-state index in [1.807, 2.05) is 9.95 Å². The second kappa shape index (κ2) is 4.37. The van der Waals surface area contributed by atoms with E-state index in [1.54, 1.807) is 13.4 Å². The van der Waals surface area contributed by atoms with Crippen LogP contribution in [0.4, 0.5) is 5.13 Å². The third-order valence-corrected chi connectivity index (χ3v) is 2.58. The summed E-state index contributed by atoms with van der Waals surface area (Å²) in [6.07, 6.45) is 1.66. The van der Waals surface area contributed by atoms with E-state index in [-0.39, 0.29) is 0 Å². The van der Waals surface area contributed by atoms with Crippen LogP contribution in [0, 0.1) is 0 Å². The molecule has 0 spiro atoms. The number of hydrogen-bond donors (Lipinski definition) is 1. The molecule has 2 N–H and O–H groups in total. The second-order valence-corrected chi connectivity index (χ2v) is 3.80. The van der Waals surface area contributed by atoms with Crippen LogP contribution in [0.3, 0.4) is 0 Å². The van der Waals surface area contributed by atoms with Gasteiger partial charge in [-0.05, 0) is 0 Å². The van der Waals surface area contributed by atoms with Crippen molar-refractivity contribution >= 4 is 16.5 Å². The van der Waals surface area contributed by atoms with Gasteiger partial charge in [-0.15, -0.1) is 21.5 Å². The van der Waals surface area contributed by atoms with Crippen molar-refractivity contribution in [2.24, 2.45) is 0 Å². The second-order valence-electron chi connectivity index (χ2n) is 2.91. The number of nitrogens with zero attached hydrogens (tertiary/aromatic N) is 4. The Morgan fingerprint density at radius 2 is 2.47 bits per heavy atom. The fourth-order valence-corrected chi connectivity index (χ4v) is 1.74. The monoisotopic (exact) mass is 225 g/mol. The van der Waals surface area contributed by atoms with E-state index >= 15 is 0 Å². The van der Waals surface area contributed by atoms with Crippen molar-refractivity contribution in [3.63, 3.8) is 0 Å². The summed E-state index contributed by atoms with van der Waals surface area (Å²) in [6, 6.07) is 0. The summed E-state index contributed by atoms with van der Waals surface area (Å²) in [5, 5.41) is 10.2. The number of thiazole rings is 1. The van der Waals surface area contributed by atoms with E-state index in [9.17, 15) is 0 Å². The number of rotatable bonds is 4. The lowest BCUT2D eigenvalue weighted by molar-refractivity contribution is 0.187. The predicted molar refractivity (Wildman–Crippen MR) is 57.4 cm³/mol. The molecule has 0 atom stereocenters. The molecule has 0 amide bonds. The zero-order valence-corrected chi connectivity index (χ0v) is 9.07. The Hall–Kier alpha value is -1.47. The Labute approximate surface area is 90.7 Å². The van der Waals surface area contributed by atoms with Crippen LogP contribution in [0.25, 0.3) is 11.5 Å². The van der Waals surface area contributed by atoms with Gasteiger partial charge in [0.1, 0.15) is 12.0 Å². The lowest BCUT2D eigenvalue weighted by Crippen LogP contribution is -2.05. The van der Waals surface area contributed by atoms with Crippen LogP contribution in [0.5, 0.6) is 0 Å². The lowest BCUT2D eigenvalue weighted by Gasteiger charge is -2.02. The van der Waals surface area contributed by atoms with Gasteiger partial charge >= 0.3 is 0 Å². The van der Waals surface area contributed by atoms with Crippen molar-refractivity contribution in [3.05, 3.63) is 11.7 Å². The van der Waals surface area contributed by atoms with Crippen LogP contribution in [0.2, 0.25) is 0 Å². The summed E-state index contributed by atoms with van der Waals surface area (Å²) >= 11 is 1.39. The summed E-state index contributed by atoms with van der Waals surface area (Å²) in [6.45, 7) is 1.32. The Bertz CT molecular complexity index is 438. The molecule has 0 aliphatic rings. The number of aromatic nitrogens is 4. The number of nitrogen functional groups attached to an aromatic ring is 1. The maximum absolute atomic E-state index is 5.56. The van der Waals surface area contributed by atoms with E-state index < -0.39 is 0 Å². The molecule has 80 valence electrons. The third-order valence-electron chi connectivity index (χ3n) is 1.90. The molecule has 0 aromatic carbocycles. The first kappa shape index (κ1) is 10.1. The fourth-order valence-electron chi connectivity index (χ4n) is 1.20. The predicted octanol–water partition coefficient (Wildman–Crippen LogP) is 0.630. The average Bonchev–Trinajstić information content (AvgIpc) is 2.82. The Kier molecular flexibility index (Phi) is 2.93. The first-order valence-corrected chi connectivity index (χ1v) is 5.27. The summed E-state index contributed by atoms with van der Waals surface area (Å²) in [5.41, 5.74) is 6.32. The highest BCUT2D eigenvalue weighted by Gasteiger charge is 2.09. The van der Waals surface area contributed by atoms with E-state index in [1.165, 1.54) is 11.3 Å². The van der Waals surface area contributed by atoms with Gasteiger partial charge in [0.2, 0.25) is 0 Å². The molecule has 0 saturated carbocycles. The summed E-state index contributed by atoms with van der Waals surface area (Å²) in [7, 11) is 1.66. The molecule has 2 aromatic heterocycles. The van der Waals surface area contributed by atoms with Gasteiger partial charge < -0.3 is 15.0 Å². The molecular weight excluding hydrogens is 214 g/mol. The zero-order valence-electron chi connectivity index (χ0n) is 8.25. The summed E-state index contributed by atoms with van der Waals surface area (Å²) in [5.74, 6) is 0.722. The molecule has 7 heteroatoms. The largest absolute Gasteiger partial charge is 0.383 e. The standard InChI is InChI=1S/C8H11N5OS/c1-14-3-2-13-5-10-12-7(13)6-4-15-8(9)11-6/h4-5H,2-3H2,1H3,(H2,9,11). The average molecular weight is 225 g/mol. The van der Waals surface area contributed by atoms with Crippen LogP contribution in [0.1, 0.15) is 0 Å². The van der Waals surface area contributed by atoms with Gasteiger partial charge in [-0.2, -0.15) is 0 Å². The highest BCUT2D eigenvalue weighted by atomic mass is 32.1. The molecule has 2 aromatic rings. The van der Waals surface area contributed by atoms with Crippen LogP contribution >= 0.6 is 11.3 Å². The molecule has 0 radical (unpaired) electrons. The molecule has 6 nitrogen and oxygen atoms in total. The van der Waals surface area contributed by atoms with E-state index in [2.05, 4.69) is 15.2 Å². The van der Waals surface area contributed by atoms with Crippen LogP contribution in [-0.2, 0) is 11.3 Å². The van der Waals surface area contributed by atoms with Crippen molar-refractivity contribution in [2.45, 2.75) is 6.54 Å². The van der Waals surface area contributed by atoms with Crippen molar-refractivity contribution in [1.82, 2.24) is 19.7 Å². The highest BCUT2D eigenvalue weighted by Crippen LogP contribution is 2.20. The van der Waals surface area contributed by atoms with Crippen LogP contribution in [0.15, 0.2) is 11.7 Å². The number of hydrogen-bond acceptors (Lipinski definition) is 6. The molecule has 2 heterocycles. The van der Waals surface area contributed by atoms with E-state index in [4.69, 9.17) is 10.5 Å². The fraction of sp³-hybridized carbons (Fsp3) is 0.375.